The number of amides is 2. The molecule has 26 heavy (non-hydrogen) atoms. The summed E-state index contributed by atoms with van der Waals surface area (Å²) in [6.45, 7) is 5.16. The third-order valence-corrected chi connectivity index (χ3v) is 4.53. The highest BCUT2D eigenvalue weighted by atomic mass is 16.6. The van der Waals surface area contributed by atoms with E-state index in [9.17, 15) is 9.59 Å². The molecule has 0 radical (unpaired) electrons. The molecule has 2 heterocycles. The standard InChI is InChI=1S/C20H23N3O3/c1-3-14-5-7-16(8-6-14)22-19(24)18-12-21-11-15-13-23(10-9-17(15)18)20(25)26-4-2/h5-8,11-12H,3-4,9-10,13H2,1-2H3,(H,22,24). The molecular weight excluding hydrogens is 330 g/mol. The van der Waals surface area contributed by atoms with Gasteiger partial charge in [-0.1, -0.05) is 19.1 Å². The maximum atomic E-state index is 12.7. The number of hydrogen-bond acceptors (Lipinski definition) is 4. The van der Waals surface area contributed by atoms with Crippen molar-refractivity contribution in [3.63, 3.8) is 0 Å². The van der Waals surface area contributed by atoms with Crippen LogP contribution in [0.5, 0.6) is 0 Å². The molecule has 136 valence electrons. The molecule has 0 unspecified atom stereocenters. The monoisotopic (exact) mass is 353 g/mol. The van der Waals surface area contributed by atoms with Crippen LogP contribution in [0.4, 0.5) is 10.5 Å². The minimum Gasteiger partial charge on any atom is -0.450 e. The van der Waals surface area contributed by atoms with Crippen molar-refractivity contribution < 1.29 is 14.3 Å². The zero-order chi connectivity index (χ0) is 18.5. The van der Waals surface area contributed by atoms with Crippen LogP contribution in [0.2, 0.25) is 0 Å². The molecule has 0 atom stereocenters. The molecule has 1 aromatic carbocycles. The Bertz CT molecular complexity index is 802. The molecule has 2 aromatic rings. The van der Waals surface area contributed by atoms with Crippen molar-refractivity contribution >= 4 is 17.7 Å². The second-order valence-corrected chi connectivity index (χ2v) is 6.20. The molecule has 1 aromatic heterocycles. The Kier molecular flexibility index (Phi) is 5.51. The van der Waals surface area contributed by atoms with Gasteiger partial charge in [-0.2, -0.15) is 0 Å². The summed E-state index contributed by atoms with van der Waals surface area (Å²) in [7, 11) is 0. The highest BCUT2D eigenvalue weighted by Gasteiger charge is 2.25. The lowest BCUT2D eigenvalue weighted by molar-refractivity contribution is 0.101. The Morgan fingerprint density at radius 3 is 2.65 bits per heavy atom. The number of ether oxygens (including phenoxy) is 1. The fraction of sp³-hybridized carbons (Fsp3) is 0.350. The number of nitrogens with one attached hydrogen (secondary N) is 1. The van der Waals surface area contributed by atoms with Gasteiger partial charge >= 0.3 is 6.09 Å². The van der Waals surface area contributed by atoms with E-state index >= 15 is 0 Å². The zero-order valence-corrected chi connectivity index (χ0v) is 15.1. The zero-order valence-electron chi connectivity index (χ0n) is 15.1. The Labute approximate surface area is 153 Å². The van der Waals surface area contributed by atoms with E-state index in [0.717, 1.165) is 23.2 Å². The van der Waals surface area contributed by atoms with Crippen molar-refractivity contribution in [2.24, 2.45) is 0 Å². The van der Waals surface area contributed by atoms with E-state index in [1.165, 1.54) is 5.56 Å². The Morgan fingerprint density at radius 1 is 1.19 bits per heavy atom. The SMILES string of the molecule is CCOC(=O)N1CCc2c(cncc2C(=O)Nc2ccc(CC)cc2)C1. The van der Waals surface area contributed by atoms with Crippen LogP contribution in [0.15, 0.2) is 36.7 Å². The molecule has 6 nitrogen and oxygen atoms in total. The van der Waals surface area contributed by atoms with E-state index in [0.29, 0.717) is 31.7 Å². The van der Waals surface area contributed by atoms with Crippen LogP contribution < -0.4 is 5.32 Å². The van der Waals surface area contributed by atoms with Crippen molar-refractivity contribution in [3.05, 3.63) is 58.9 Å². The molecule has 1 aliphatic heterocycles. The minimum absolute atomic E-state index is 0.178. The summed E-state index contributed by atoms with van der Waals surface area (Å²) in [4.78, 5) is 30.5. The van der Waals surface area contributed by atoms with Gasteiger partial charge in [-0.05, 0) is 48.6 Å². The van der Waals surface area contributed by atoms with Crippen LogP contribution in [-0.2, 0) is 24.1 Å². The Balaban J connectivity index is 1.76. The number of hydrogen-bond donors (Lipinski definition) is 1. The van der Waals surface area contributed by atoms with Crippen LogP contribution >= 0.6 is 0 Å². The molecule has 0 fully saturated rings. The van der Waals surface area contributed by atoms with Gasteiger partial charge in [0.2, 0.25) is 0 Å². The number of pyridine rings is 1. The number of nitrogens with zero attached hydrogens (tertiary/aromatic N) is 2. The van der Waals surface area contributed by atoms with Crippen LogP contribution in [0, 0.1) is 0 Å². The van der Waals surface area contributed by atoms with E-state index in [2.05, 4.69) is 17.2 Å². The lowest BCUT2D eigenvalue weighted by Crippen LogP contribution is -2.37. The molecule has 1 N–H and O–H groups in total. The molecule has 0 aliphatic carbocycles. The van der Waals surface area contributed by atoms with Gasteiger partial charge in [-0.3, -0.25) is 9.78 Å². The van der Waals surface area contributed by atoms with Crippen LogP contribution in [0.25, 0.3) is 0 Å². The van der Waals surface area contributed by atoms with Crippen LogP contribution in [0.3, 0.4) is 0 Å². The van der Waals surface area contributed by atoms with Crippen molar-refractivity contribution in [1.29, 1.82) is 0 Å². The summed E-state index contributed by atoms with van der Waals surface area (Å²) in [5.74, 6) is -0.178. The average molecular weight is 353 g/mol. The first-order valence-electron chi connectivity index (χ1n) is 8.90. The van der Waals surface area contributed by atoms with Crippen LogP contribution in [0.1, 0.15) is 40.9 Å². The summed E-state index contributed by atoms with van der Waals surface area (Å²) < 4.78 is 5.06. The lowest BCUT2D eigenvalue weighted by Gasteiger charge is -2.28. The first kappa shape index (κ1) is 17.9. The molecule has 1 aliphatic rings. The number of aromatic nitrogens is 1. The van der Waals surface area contributed by atoms with Gasteiger partial charge in [0, 0.05) is 24.6 Å². The summed E-state index contributed by atoms with van der Waals surface area (Å²) in [5, 5.41) is 2.93. The topological polar surface area (TPSA) is 71.5 Å². The fourth-order valence-corrected chi connectivity index (χ4v) is 3.08. The predicted molar refractivity (Wildman–Crippen MR) is 99.1 cm³/mol. The number of anilines is 1. The summed E-state index contributed by atoms with van der Waals surface area (Å²) >= 11 is 0. The number of carbonyl (C=O) groups excluding carboxylic acids is 2. The molecule has 0 bridgehead atoms. The Hall–Kier alpha value is -2.89. The molecule has 0 spiro atoms. The van der Waals surface area contributed by atoms with Gasteiger partial charge < -0.3 is 15.0 Å². The van der Waals surface area contributed by atoms with Gasteiger partial charge in [0.15, 0.2) is 0 Å². The largest absolute Gasteiger partial charge is 0.450 e. The van der Waals surface area contributed by atoms with Gasteiger partial charge in [0.1, 0.15) is 0 Å². The molecule has 3 rings (SSSR count). The third kappa shape index (κ3) is 3.85. The Morgan fingerprint density at radius 2 is 1.96 bits per heavy atom. The highest BCUT2D eigenvalue weighted by molar-refractivity contribution is 6.05. The summed E-state index contributed by atoms with van der Waals surface area (Å²) in [6, 6.07) is 7.82. The van der Waals surface area contributed by atoms with Crippen LogP contribution in [-0.4, -0.2) is 35.0 Å². The quantitative estimate of drug-likeness (QED) is 0.914. The lowest BCUT2D eigenvalue weighted by atomic mass is 9.97. The minimum atomic E-state index is -0.330. The number of carbonyl (C=O) groups is 2. The maximum absolute atomic E-state index is 12.7. The number of aryl methyl sites for hydroxylation is 1. The maximum Gasteiger partial charge on any atom is 0.410 e. The number of rotatable bonds is 4. The van der Waals surface area contributed by atoms with E-state index < -0.39 is 0 Å². The number of benzene rings is 1. The normalized spacial score (nSPS) is 13.1. The number of fused-ring (bicyclic) bond motifs is 1. The molecule has 2 amide bonds. The highest BCUT2D eigenvalue weighted by Crippen LogP contribution is 2.23. The van der Waals surface area contributed by atoms with Crippen molar-refractivity contribution in [1.82, 2.24) is 9.88 Å². The molecule has 0 saturated heterocycles. The van der Waals surface area contributed by atoms with Gasteiger partial charge in [0.25, 0.3) is 5.91 Å². The van der Waals surface area contributed by atoms with Crippen molar-refractivity contribution in [3.8, 4) is 0 Å². The van der Waals surface area contributed by atoms with Crippen molar-refractivity contribution in [2.75, 3.05) is 18.5 Å². The predicted octanol–water partition coefficient (Wildman–Crippen LogP) is 3.41. The van der Waals surface area contributed by atoms with Gasteiger partial charge in [0.05, 0.1) is 18.7 Å². The third-order valence-electron chi connectivity index (χ3n) is 4.53. The second-order valence-electron chi connectivity index (χ2n) is 6.20. The summed E-state index contributed by atoms with van der Waals surface area (Å²) in [6.07, 6.45) is 4.54. The molecule has 0 saturated carbocycles. The molecular formula is C20H23N3O3. The van der Waals surface area contributed by atoms with E-state index in [1.807, 2.05) is 24.3 Å². The van der Waals surface area contributed by atoms with E-state index in [-0.39, 0.29) is 12.0 Å². The average Bonchev–Trinajstić information content (AvgIpc) is 2.67. The second kappa shape index (κ2) is 7.99. The first-order chi connectivity index (χ1) is 12.6. The van der Waals surface area contributed by atoms with E-state index in [1.54, 1.807) is 24.2 Å². The van der Waals surface area contributed by atoms with Crippen molar-refractivity contribution in [2.45, 2.75) is 33.2 Å². The van der Waals surface area contributed by atoms with Gasteiger partial charge in [-0.15, -0.1) is 0 Å². The smallest absolute Gasteiger partial charge is 0.410 e. The van der Waals surface area contributed by atoms with Gasteiger partial charge in [-0.25, -0.2) is 4.79 Å². The van der Waals surface area contributed by atoms with E-state index in [4.69, 9.17) is 4.74 Å². The fourth-order valence-electron chi connectivity index (χ4n) is 3.08. The first-order valence-corrected chi connectivity index (χ1v) is 8.90. The summed E-state index contributed by atoms with van der Waals surface area (Å²) in [5.41, 5.74) is 4.38. The molecule has 6 heteroatoms.